The number of benzene rings is 5. The fraction of sp³-hybridized carbons (Fsp3) is 0.0323. The molecular weight excluding hydrogens is 482 g/mol. The van der Waals surface area contributed by atoms with Gasteiger partial charge in [-0.15, -0.1) is 0 Å². The van der Waals surface area contributed by atoms with Gasteiger partial charge in [-0.1, -0.05) is 152 Å². The van der Waals surface area contributed by atoms with E-state index < -0.39 is 19.4 Å². The summed E-state index contributed by atoms with van der Waals surface area (Å²) >= 11 is 0. The first kappa shape index (κ1) is 24.2. The predicted octanol–water partition coefficient (Wildman–Crippen LogP) is 5.82. The lowest BCUT2D eigenvalue weighted by Crippen LogP contribution is -2.41. The van der Waals surface area contributed by atoms with Crippen LogP contribution in [0.15, 0.2) is 152 Å². The number of aliphatic hydroxyl groups is 1. The SMILES string of the molecule is O=P(c1ccccc1)(c1ccccc1)C(O)(c1ccccc1)P(=O)(c1ccccc1)c1ccccc1. The second kappa shape index (κ2) is 9.88. The third-order valence-corrected chi connectivity index (χ3v) is 14.6. The normalized spacial score (nSPS) is 12.2. The average molecular weight is 508 g/mol. The maximum Gasteiger partial charge on any atom is 0.211 e. The van der Waals surface area contributed by atoms with Crippen LogP contribution in [0.2, 0.25) is 0 Å². The van der Waals surface area contributed by atoms with Crippen molar-refractivity contribution in [3.8, 4) is 0 Å². The van der Waals surface area contributed by atoms with Gasteiger partial charge in [-0.05, 0) is 5.56 Å². The largest absolute Gasteiger partial charge is 0.370 e. The first-order valence-corrected chi connectivity index (χ1v) is 15.1. The molecule has 0 bridgehead atoms. The summed E-state index contributed by atoms with van der Waals surface area (Å²) in [4.78, 5) is 0. The number of hydrogen-bond donors (Lipinski definition) is 1. The highest BCUT2D eigenvalue weighted by Crippen LogP contribution is 2.77. The highest BCUT2D eigenvalue weighted by Gasteiger charge is 2.62. The Morgan fingerprint density at radius 1 is 0.389 bits per heavy atom. The highest BCUT2D eigenvalue weighted by atomic mass is 31.2. The minimum Gasteiger partial charge on any atom is -0.370 e. The summed E-state index contributed by atoms with van der Waals surface area (Å²) in [7, 11) is -8.06. The van der Waals surface area contributed by atoms with E-state index in [0.29, 0.717) is 26.8 Å². The van der Waals surface area contributed by atoms with Crippen molar-refractivity contribution in [3.05, 3.63) is 157 Å². The standard InChI is InChI=1S/C31H26O3P2/c32-31(26-16-6-1-7-17-26,35(33,27-18-8-2-9-19-27)28-20-10-3-11-21-28)36(34,29-22-12-4-13-23-29)30-24-14-5-15-25-30/h1-25,32H. The van der Waals surface area contributed by atoms with Crippen molar-refractivity contribution in [2.75, 3.05) is 0 Å². The molecule has 5 aromatic rings. The second-order valence-electron chi connectivity index (χ2n) is 8.56. The molecule has 0 saturated carbocycles. The van der Waals surface area contributed by atoms with E-state index in [1.165, 1.54) is 0 Å². The average Bonchev–Trinajstić information content (AvgIpc) is 2.98. The van der Waals surface area contributed by atoms with Crippen molar-refractivity contribution in [3.63, 3.8) is 0 Å². The lowest BCUT2D eigenvalue weighted by molar-refractivity contribution is 0.208. The van der Waals surface area contributed by atoms with Gasteiger partial charge in [0.05, 0.1) is 0 Å². The number of hydrogen-bond acceptors (Lipinski definition) is 3. The van der Waals surface area contributed by atoms with Gasteiger partial charge in [-0.3, -0.25) is 0 Å². The molecule has 0 aliphatic heterocycles. The monoisotopic (exact) mass is 508 g/mol. The molecule has 0 spiro atoms. The summed E-state index contributed by atoms with van der Waals surface area (Å²) in [5.41, 5.74) is 0.345. The zero-order chi connectivity index (χ0) is 25.1. The molecule has 0 radical (unpaired) electrons. The van der Waals surface area contributed by atoms with Crippen molar-refractivity contribution in [2.45, 2.75) is 5.08 Å². The van der Waals surface area contributed by atoms with Crippen molar-refractivity contribution < 1.29 is 14.2 Å². The lowest BCUT2D eigenvalue weighted by Gasteiger charge is -2.43. The van der Waals surface area contributed by atoms with E-state index in [1.807, 2.05) is 30.3 Å². The molecule has 0 heterocycles. The zero-order valence-corrected chi connectivity index (χ0v) is 21.4. The van der Waals surface area contributed by atoms with Crippen LogP contribution in [0.5, 0.6) is 0 Å². The van der Waals surface area contributed by atoms with Gasteiger partial charge in [0.15, 0.2) is 14.3 Å². The van der Waals surface area contributed by atoms with Crippen LogP contribution < -0.4 is 21.2 Å². The van der Waals surface area contributed by atoms with Gasteiger partial charge >= 0.3 is 0 Å². The van der Waals surface area contributed by atoms with E-state index in [0.717, 1.165) is 0 Å². The molecular formula is C31H26O3P2. The van der Waals surface area contributed by atoms with Crippen molar-refractivity contribution in [1.82, 2.24) is 0 Å². The van der Waals surface area contributed by atoms with Crippen molar-refractivity contribution in [2.24, 2.45) is 0 Å². The summed E-state index contributed by atoms with van der Waals surface area (Å²) in [6.45, 7) is 0. The molecule has 3 nitrogen and oxygen atoms in total. The first-order chi connectivity index (χ1) is 17.5. The molecule has 0 unspecified atom stereocenters. The van der Waals surface area contributed by atoms with Crippen molar-refractivity contribution >= 4 is 35.5 Å². The summed E-state index contributed by atoms with van der Waals surface area (Å²) in [6.07, 6.45) is 0. The smallest absolute Gasteiger partial charge is 0.211 e. The van der Waals surface area contributed by atoms with Crippen LogP contribution in [-0.4, -0.2) is 5.11 Å². The molecule has 5 heteroatoms. The Bertz CT molecular complexity index is 1340. The molecule has 36 heavy (non-hydrogen) atoms. The molecule has 0 aromatic heterocycles. The summed E-state index contributed by atoms with van der Waals surface area (Å²) in [5.74, 6) is 0. The molecule has 178 valence electrons. The Balaban J connectivity index is 1.99. The van der Waals surface area contributed by atoms with Crippen LogP contribution in [0.1, 0.15) is 5.56 Å². The van der Waals surface area contributed by atoms with Gasteiger partial charge in [0.2, 0.25) is 5.08 Å². The van der Waals surface area contributed by atoms with Crippen LogP contribution in [0.25, 0.3) is 0 Å². The molecule has 0 aliphatic carbocycles. The van der Waals surface area contributed by atoms with Gasteiger partial charge < -0.3 is 14.2 Å². The van der Waals surface area contributed by atoms with Gasteiger partial charge in [-0.2, -0.15) is 0 Å². The minimum absolute atomic E-state index is 0.345. The molecule has 5 rings (SSSR count). The van der Waals surface area contributed by atoms with E-state index in [4.69, 9.17) is 0 Å². The van der Waals surface area contributed by atoms with Crippen LogP contribution in [0, 0.1) is 0 Å². The van der Waals surface area contributed by atoms with Crippen LogP contribution in [0.3, 0.4) is 0 Å². The lowest BCUT2D eigenvalue weighted by atomic mass is 10.2. The minimum atomic E-state index is -4.03. The molecule has 1 N–H and O–H groups in total. The first-order valence-electron chi connectivity index (χ1n) is 11.7. The van der Waals surface area contributed by atoms with Gasteiger partial charge in [0, 0.05) is 21.2 Å². The van der Waals surface area contributed by atoms with E-state index >= 15 is 9.13 Å². The Hall–Kier alpha value is -3.48. The van der Waals surface area contributed by atoms with Crippen LogP contribution in [-0.2, 0) is 14.2 Å². The number of rotatable bonds is 7. The summed E-state index contributed by atoms with van der Waals surface area (Å²) in [6, 6.07) is 44.6. The van der Waals surface area contributed by atoms with E-state index in [-0.39, 0.29) is 0 Å². The molecule has 0 aliphatic rings. The quantitative estimate of drug-likeness (QED) is 0.282. The van der Waals surface area contributed by atoms with E-state index in [1.54, 1.807) is 121 Å². The maximum atomic E-state index is 15.8. The Morgan fingerprint density at radius 3 is 0.861 bits per heavy atom. The zero-order valence-electron chi connectivity index (χ0n) is 19.6. The van der Waals surface area contributed by atoms with Gasteiger partial charge in [0.25, 0.3) is 0 Å². The second-order valence-corrected chi connectivity index (χ2v) is 14.7. The fourth-order valence-electron chi connectivity index (χ4n) is 4.79. The Kier molecular flexibility index (Phi) is 6.65. The van der Waals surface area contributed by atoms with Gasteiger partial charge in [-0.25, -0.2) is 0 Å². The third-order valence-electron chi connectivity index (χ3n) is 6.52. The molecule has 0 saturated heterocycles. The fourth-order valence-corrected chi connectivity index (χ4v) is 13.2. The molecule has 0 fully saturated rings. The topological polar surface area (TPSA) is 54.4 Å². The van der Waals surface area contributed by atoms with E-state index in [9.17, 15) is 5.11 Å². The summed E-state index contributed by atoms with van der Waals surface area (Å²) in [5, 5.41) is 12.7. The van der Waals surface area contributed by atoms with Crippen LogP contribution >= 0.6 is 14.3 Å². The molecule has 0 atom stereocenters. The third kappa shape index (κ3) is 3.72. The maximum absolute atomic E-state index is 15.8. The Morgan fingerprint density at radius 2 is 0.611 bits per heavy atom. The Labute approximate surface area is 211 Å². The van der Waals surface area contributed by atoms with Crippen LogP contribution in [0.4, 0.5) is 0 Å². The molecule has 5 aromatic carbocycles. The van der Waals surface area contributed by atoms with E-state index in [2.05, 4.69) is 0 Å². The van der Waals surface area contributed by atoms with Crippen molar-refractivity contribution in [1.29, 1.82) is 0 Å². The summed E-state index contributed by atoms with van der Waals surface area (Å²) < 4.78 is 31.6. The predicted molar refractivity (Wildman–Crippen MR) is 150 cm³/mol. The van der Waals surface area contributed by atoms with Gasteiger partial charge in [0.1, 0.15) is 0 Å². The highest BCUT2D eigenvalue weighted by molar-refractivity contribution is 7.95. The molecule has 0 amide bonds.